The summed E-state index contributed by atoms with van der Waals surface area (Å²) in [5.74, 6) is -0.596. The molecule has 2 N–H and O–H groups in total. The van der Waals surface area contributed by atoms with E-state index in [-0.39, 0.29) is 23.0 Å². The molecule has 0 aliphatic heterocycles. The topological polar surface area (TPSA) is 67.4 Å². The second-order valence-corrected chi connectivity index (χ2v) is 8.47. The lowest BCUT2D eigenvalue weighted by Crippen LogP contribution is -2.36. The van der Waals surface area contributed by atoms with Crippen molar-refractivity contribution < 1.29 is 14.3 Å². The number of ether oxygens (including phenoxy) is 1. The molecule has 1 aromatic heterocycles. The van der Waals surface area contributed by atoms with Gasteiger partial charge in [-0.2, -0.15) is 0 Å². The highest BCUT2D eigenvalue weighted by molar-refractivity contribution is 7.80. The van der Waals surface area contributed by atoms with Gasteiger partial charge in [0.2, 0.25) is 5.91 Å². The molecule has 5 nitrogen and oxygen atoms in total. The van der Waals surface area contributed by atoms with E-state index >= 15 is 0 Å². The molecule has 0 saturated carbocycles. The Bertz CT molecular complexity index is 823. The van der Waals surface area contributed by atoms with Crippen LogP contribution < -0.4 is 10.6 Å². The van der Waals surface area contributed by atoms with E-state index < -0.39 is 5.97 Å². The van der Waals surface area contributed by atoms with Crippen molar-refractivity contribution in [1.82, 2.24) is 5.32 Å². The number of hydrogen-bond acceptors (Lipinski definition) is 5. The Morgan fingerprint density at radius 2 is 1.85 bits per heavy atom. The van der Waals surface area contributed by atoms with Crippen molar-refractivity contribution >= 4 is 45.5 Å². The number of anilines is 1. The zero-order chi connectivity index (χ0) is 20.0. The summed E-state index contributed by atoms with van der Waals surface area (Å²) < 4.78 is 5.21. The van der Waals surface area contributed by atoms with Gasteiger partial charge in [-0.1, -0.05) is 51.1 Å². The van der Waals surface area contributed by atoms with Gasteiger partial charge < -0.3 is 15.4 Å². The minimum absolute atomic E-state index is 0.140. The molecule has 0 radical (unpaired) electrons. The van der Waals surface area contributed by atoms with Crippen LogP contribution in [0.25, 0.3) is 11.1 Å². The van der Waals surface area contributed by atoms with Gasteiger partial charge in [0.1, 0.15) is 10.6 Å². The molecule has 7 heteroatoms. The lowest BCUT2D eigenvalue weighted by atomic mass is 9.92. The van der Waals surface area contributed by atoms with Gasteiger partial charge in [0.15, 0.2) is 5.11 Å². The van der Waals surface area contributed by atoms with Crippen molar-refractivity contribution in [2.24, 2.45) is 5.41 Å². The molecular formula is C20H24N2O3S2. The quantitative estimate of drug-likeness (QED) is 0.551. The summed E-state index contributed by atoms with van der Waals surface area (Å²) in [4.78, 5) is 24.6. The normalized spacial score (nSPS) is 11.0. The summed E-state index contributed by atoms with van der Waals surface area (Å²) >= 11 is 6.59. The van der Waals surface area contributed by atoms with Crippen LogP contribution in [0.2, 0.25) is 0 Å². The number of benzene rings is 1. The lowest BCUT2D eigenvalue weighted by Gasteiger charge is -2.17. The zero-order valence-electron chi connectivity index (χ0n) is 15.9. The molecule has 2 aromatic rings. The molecular weight excluding hydrogens is 380 g/mol. The average molecular weight is 405 g/mol. The van der Waals surface area contributed by atoms with Crippen LogP contribution in [0.4, 0.5) is 5.00 Å². The number of rotatable bonds is 5. The van der Waals surface area contributed by atoms with E-state index in [9.17, 15) is 9.59 Å². The predicted octanol–water partition coefficient (Wildman–Crippen LogP) is 4.84. The first-order chi connectivity index (χ1) is 12.7. The van der Waals surface area contributed by atoms with Crippen molar-refractivity contribution in [1.29, 1.82) is 0 Å². The number of thiophene rings is 1. The summed E-state index contributed by atoms with van der Waals surface area (Å²) in [6.07, 6.45) is 0.346. The van der Waals surface area contributed by atoms with Crippen LogP contribution in [0.5, 0.6) is 0 Å². The second-order valence-electron chi connectivity index (χ2n) is 7.18. The van der Waals surface area contributed by atoms with Crippen molar-refractivity contribution in [2.75, 3.05) is 11.9 Å². The fourth-order valence-corrected chi connectivity index (χ4v) is 3.72. The summed E-state index contributed by atoms with van der Waals surface area (Å²) in [6.45, 7) is 7.97. The Labute approximate surface area is 169 Å². The first-order valence-corrected chi connectivity index (χ1v) is 9.95. The van der Waals surface area contributed by atoms with Gasteiger partial charge in [0, 0.05) is 17.4 Å². The van der Waals surface area contributed by atoms with Crippen LogP contribution in [-0.2, 0) is 9.53 Å². The minimum atomic E-state index is -0.427. The van der Waals surface area contributed by atoms with E-state index in [0.29, 0.717) is 17.0 Å². The summed E-state index contributed by atoms with van der Waals surface area (Å²) in [7, 11) is 0. The fraction of sp³-hybridized carbons (Fsp3) is 0.350. The van der Waals surface area contributed by atoms with Crippen LogP contribution in [0.15, 0.2) is 35.7 Å². The molecule has 27 heavy (non-hydrogen) atoms. The third kappa shape index (κ3) is 6.15. The highest BCUT2D eigenvalue weighted by Gasteiger charge is 2.23. The van der Waals surface area contributed by atoms with Gasteiger partial charge >= 0.3 is 5.97 Å². The average Bonchev–Trinajstić information content (AvgIpc) is 2.97. The largest absolute Gasteiger partial charge is 0.462 e. The number of nitrogens with one attached hydrogen (secondary N) is 2. The predicted molar refractivity (Wildman–Crippen MR) is 114 cm³/mol. The van der Waals surface area contributed by atoms with Crippen LogP contribution in [-0.4, -0.2) is 23.6 Å². The van der Waals surface area contributed by atoms with Crippen LogP contribution in [0.3, 0.4) is 0 Å². The molecule has 0 fully saturated rings. The highest BCUT2D eigenvalue weighted by atomic mass is 32.1. The Kier molecular flexibility index (Phi) is 7.10. The molecule has 2 rings (SSSR count). The fourth-order valence-electron chi connectivity index (χ4n) is 2.47. The van der Waals surface area contributed by atoms with Gasteiger partial charge in [-0.3, -0.25) is 4.79 Å². The van der Waals surface area contributed by atoms with Gasteiger partial charge in [0.25, 0.3) is 0 Å². The van der Waals surface area contributed by atoms with E-state index in [1.165, 1.54) is 11.3 Å². The van der Waals surface area contributed by atoms with Crippen LogP contribution in [0.1, 0.15) is 44.5 Å². The Hall–Kier alpha value is -2.25. The molecule has 1 amide bonds. The molecule has 1 heterocycles. The Morgan fingerprint density at radius 1 is 1.19 bits per heavy atom. The van der Waals surface area contributed by atoms with Crippen molar-refractivity contribution in [3.8, 4) is 11.1 Å². The van der Waals surface area contributed by atoms with Crippen molar-refractivity contribution in [2.45, 2.75) is 34.1 Å². The molecule has 0 aliphatic carbocycles. The third-order valence-electron chi connectivity index (χ3n) is 3.53. The zero-order valence-corrected chi connectivity index (χ0v) is 17.6. The first kappa shape index (κ1) is 21.1. The maximum Gasteiger partial charge on any atom is 0.341 e. The van der Waals surface area contributed by atoms with Crippen molar-refractivity contribution in [3.63, 3.8) is 0 Å². The molecule has 0 unspecified atom stereocenters. The summed E-state index contributed by atoms with van der Waals surface area (Å²) in [6, 6.07) is 9.59. The first-order valence-electron chi connectivity index (χ1n) is 8.66. The van der Waals surface area contributed by atoms with E-state index in [0.717, 1.165) is 11.1 Å². The van der Waals surface area contributed by atoms with Crippen LogP contribution in [0, 0.1) is 5.41 Å². The van der Waals surface area contributed by atoms with Crippen molar-refractivity contribution in [3.05, 3.63) is 41.3 Å². The number of thiocarbonyl (C=S) groups is 1. The number of hydrogen-bond donors (Lipinski definition) is 2. The maximum atomic E-state index is 12.5. The molecule has 0 aliphatic rings. The van der Waals surface area contributed by atoms with E-state index in [4.69, 9.17) is 17.0 Å². The number of amides is 1. The van der Waals surface area contributed by atoms with E-state index in [1.54, 1.807) is 6.92 Å². The van der Waals surface area contributed by atoms with Gasteiger partial charge in [-0.15, -0.1) is 11.3 Å². The van der Waals surface area contributed by atoms with Gasteiger partial charge in [0.05, 0.1) is 6.61 Å². The molecule has 0 saturated heterocycles. The third-order valence-corrected chi connectivity index (χ3v) is 4.63. The van der Waals surface area contributed by atoms with E-state index in [1.807, 2.05) is 56.5 Å². The lowest BCUT2D eigenvalue weighted by molar-refractivity contribution is -0.121. The van der Waals surface area contributed by atoms with Gasteiger partial charge in [-0.25, -0.2) is 4.79 Å². The Morgan fingerprint density at radius 3 is 2.44 bits per heavy atom. The minimum Gasteiger partial charge on any atom is -0.462 e. The number of esters is 1. The second kappa shape index (κ2) is 9.10. The molecule has 0 atom stereocenters. The molecule has 1 aromatic carbocycles. The SMILES string of the molecule is CCOC(=O)c1c(-c2ccccc2)csc1NC(=S)NC(=O)CC(C)(C)C. The molecule has 0 bridgehead atoms. The maximum absolute atomic E-state index is 12.5. The molecule has 144 valence electrons. The van der Waals surface area contributed by atoms with Gasteiger partial charge in [-0.05, 0) is 30.1 Å². The van der Waals surface area contributed by atoms with Crippen LogP contribution >= 0.6 is 23.6 Å². The standard InChI is InChI=1S/C20H24N2O3S2/c1-5-25-18(24)16-14(13-9-7-6-8-10-13)12-27-17(16)22-19(26)21-15(23)11-20(2,3)4/h6-10,12H,5,11H2,1-4H3,(H2,21,22,23,26). The Balaban J connectivity index is 2.24. The smallest absolute Gasteiger partial charge is 0.341 e. The monoisotopic (exact) mass is 404 g/mol. The number of carbonyl (C=O) groups is 2. The van der Waals surface area contributed by atoms with E-state index in [2.05, 4.69) is 10.6 Å². The number of carbonyl (C=O) groups excluding carboxylic acids is 2. The highest BCUT2D eigenvalue weighted by Crippen LogP contribution is 2.36. The summed E-state index contributed by atoms with van der Waals surface area (Å²) in [5, 5.41) is 8.23. The summed E-state index contributed by atoms with van der Waals surface area (Å²) in [5.41, 5.74) is 1.96. The molecule has 0 spiro atoms.